The standard InChI is InChI=1S/C13H13N3/c1-13(2)8-7-12(15-16-13)11-5-3-10(9-14)4-6-11/h3-8,16H,1-2H3. The number of hydrazone groups is 1. The Balaban J connectivity index is 2.24. The molecule has 0 aromatic heterocycles. The third-order valence-corrected chi connectivity index (χ3v) is 2.43. The molecule has 0 aliphatic carbocycles. The van der Waals surface area contributed by atoms with Gasteiger partial charge in [0, 0.05) is 5.56 Å². The van der Waals surface area contributed by atoms with E-state index in [9.17, 15) is 0 Å². The van der Waals surface area contributed by atoms with Crippen molar-refractivity contribution in [3.05, 3.63) is 47.5 Å². The second-order valence-corrected chi connectivity index (χ2v) is 4.35. The van der Waals surface area contributed by atoms with Gasteiger partial charge in [-0.15, -0.1) is 0 Å². The lowest BCUT2D eigenvalue weighted by atomic mass is 10.0. The van der Waals surface area contributed by atoms with Gasteiger partial charge in [0.15, 0.2) is 0 Å². The van der Waals surface area contributed by atoms with Gasteiger partial charge in [-0.05, 0) is 32.1 Å². The molecule has 0 unspecified atom stereocenters. The summed E-state index contributed by atoms with van der Waals surface area (Å²) >= 11 is 0. The Bertz CT molecular complexity index is 487. The van der Waals surface area contributed by atoms with Crippen molar-refractivity contribution < 1.29 is 0 Å². The van der Waals surface area contributed by atoms with E-state index in [1.165, 1.54) is 0 Å². The van der Waals surface area contributed by atoms with E-state index in [1.54, 1.807) is 12.1 Å². The molecule has 0 saturated carbocycles. The van der Waals surface area contributed by atoms with Crippen LogP contribution in [0.3, 0.4) is 0 Å². The summed E-state index contributed by atoms with van der Waals surface area (Å²) in [7, 11) is 0. The van der Waals surface area contributed by atoms with Crippen LogP contribution in [0.2, 0.25) is 0 Å². The number of nitrogens with zero attached hydrogens (tertiary/aromatic N) is 2. The van der Waals surface area contributed by atoms with E-state index < -0.39 is 0 Å². The van der Waals surface area contributed by atoms with Gasteiger partial charge in [-0.2, -0.15) is 10.4 Å². The van der Waals surface area contributed by atoms with Gasteiger partial charge in [0.2, 0.25) is 0 Å². The third kappa shape index (κ3) is 2.12. The monoisotopic (exact) mass is 211 g/mol. The first-order chi connectivity index (χ1) is 7.61. The van der Waals surface area contributed by atoms with Crippen molar-refractivity contribution in [1.82, 2.24) is 5.43 Å². The van der Waals surface area contributed by atoms with Crippen LogP contribution < -0.4 is 5.43 Å². The van der Waals surface area contributed by atoms with Crippen LogP contribution in [0.5, 0.6) is 0 Å². The number of hydrogen-bond donors (Lipinski definition) is 1. The van der Waals surface area contributed by atoms with Gasteiger partial charge in [-0.3, -0.25) is 0 Å². The molecular weight excluding hydrogens is 198 g/mol. The van der Waals surface area contributed by atoms with Crippen LogP contribution in [0.1, 0.15) is 25.0 Å². The van der Waals surface area contributed by atoms with Crippen molar-refractivity contribution in [2.45, 2.75) is 19.4 Å². The number of benzene rings is 1. The van der Waals surface area contributed by atoms with Crippen molar-refractivity contribution in [3.63, 3.8) is 0 Å². The predicted molar refractivity (Wildman–Crippen MR) is 64.0 cm³/mol. The van der Waals surface area contributed by atoms with E-state index >= 15 is 0 Å². The average molecular weight is 211 g/mol. The molecule has 0 amide bonds. The zero-order valence-electron chi connectivity index (χ0n) is 9.36. The van der Waals surface area contributed by atoms with Gasteiger partial charge in [-0.25, -0.2) is 0 Å². The number of hydrogen-bond acceptors (Lipinski definition) is 3. The summed E-state index contributed by atoms with van der Waals surface area (Å²) in [6.07, 6.45) is 4.07. The smallest absolute Gasteiger partial charge is 0.0991 e. The van der Waals surface area contributed by atoms with Crippen molar-refractivity contribution in [3.8, 4) is 6.07 Å². The third-order valence-electron chi connectivity index (χ3n) is 2.43. The molecule has 1 aliphatic rings. The first kappa shape index (κ1) is 10.4. The van der Waals surface area contributed by atoms with E-state index in [4.69, 9.17) is 5.26 Å². The SMILES string of the molecule is CC1(C)C=CC(c2ccc(C#N)cc2)=NN1. The lowest BCUT2D eigenvalue weighted by Gasteiger charge is -2.24. The molecule has 0 spiro atoms. The predicted octanol–water partition coefficient (Wildman–Crippen LogP) is 2.20. The minimum atomic E-state index is -0.0872. The molecule has 2 rings (SSSR count). The second kappa shape index (κ2) is 3.82. The molecule has 0 atom stereocenters. The minimum absolute atomic E-state index is 0.0872. The van der Waals surface area contributed by atoms with E-state index in [2.05, 4.69) is 36.5 Å². The van der Waals surface area contributed by atoms with Crippen LogP contribution in [-0.2, 0) is 0 Å². The zero-order valence-corrected chi connectivity index (χ0v) is 9.36. The summed E-state index contributed by atoms with van der Waals surface area (Å²) in [4.78, 5) is 0. The summed E-state index contributed by atoms with van der Waals surface area (Å²) in [6.45, 7) is 4.12. The topological polar surface area (TPSA) is 48.2 Å². The molecular formula is C13H13N3. The Hall–Kier alpha value is -2.08. The highest BCUT2D eigenvalue weighted by Gasteiger charge is 2.16. The van der Waals surface area contributed by atoms with Gasteiger partial charge < -0.3 is 5.43 Å². The maximum absolute atomic E-state index is 8.70. The Kier molecular flexibility index (Phi) is 2.49. The van der Waals surface area contributed by atoms with Gasteiger partial charge in [0.25, 0.3) is 0 Å². The molecule has 0 bridgehead atoms. The van der Waals surface area contributed by atoms with Crippen LogP contribution in [-0.4, -0.2) is 11.3 Å². The fourth-order valence-corrected chi connectivity index (χ4v) is 1.44. The largest absolute Gasteiger partial charge is 0.300 e. The maximum Gasteiger partial charge on any atom is 0.0991 e. The van der Waals surface area contributed by atoms with Gasteiger partial charge in [0.1, 0.15) is 0 Å². The Morgan fingerprint density at radius 2 is 1.94 bits per heavy atom. The molecule has 3 heteroatoms. The Morgan fingerprint density at radius 3 is 2.44 bits per heavy atom. The molecule has 80 valence electrons. The maximum atomic E-state index is 8.70. The second-order valence-electron chi connectivity index (χ2n) is 4.35. The summed E-state index contributed by atoms with van der Waals surface area (Å²) in [6, 6.07) is 9.50. The molecule has 0 saturated heterocycles. The quantitative estimate of drug-likeness (QED) is 0.774. The van der Waals surface area contributed by atoms with Crippen LogP contribution in [0, 0.1) is 11.3 Å². The van der Waals surface area contributed by atoms with Crippen LogP contribution in [0.25, 0.3) is 0 Å². The normalized spacial score (nSPS) is 17.2. The number of nitriles is 1. The number of rotatable bonds is 1. The summed E-state index contributed by atoms with van der Waals surface area (Å²) in [5.41, 5.74) is 5.55. The summed E-state index contributed by atoms with van der Waals surface area (Å²) in [5, 5.41) is 13.0. The first-order valence-electron chi connectivity index (χ1n) is 5.15. The van der Waals surface area contributed by atoms with Crippen molar-refractivity contribution in [2.75, 3.05) is 0 Å². The van der Waals surface area contributed by atoms with E-state index in [-0.39, 0.29) is 5.54 Å². The molecule has 1 aromatic rings. The lowest BCUT2D eigenvalue weighted by Crippen LogP contribution is -2.36. The van der Waals surface area contributed by atoms with E-state index in [0.717, 1.165) is 11.3 Å². The average Bonchev–Trinajstić information content (AvgIpc) is 2.29. The molecule has 1 heterocycles. The molecule has 3 nitrogen and oxygen atoms in total. The van der Waals surface area contributed by atoms with Gasteiger partial charge >= 0.3 is 0 Å². The van der Waals surface area contributed by atoms with Gasteiger partial charge in [0.05, 0.1) is 22.9 Å². The minimum Gasteiger partial charge on any atom is -0.300 e. The fourth-order valence-electron chi connectivity index (χ4n) is 1.44. The molecule has 1 aromatic carbocycles. The van der Waals surface area contributed by atoms with Crippen molar-refractivity contribution in [1.29, 1.82) is 5.26 Å². The fraction of sp³-hybridized carbons (Fsp3) is 0.231. The van der Waals surface area contributed by atoms with E-state index in [1.807, 2.05) is 18.2 Å². The summed E-state index contributed by atoms with van der Waals surface area (Å²) < 4.78 is 0. The first-order valence-corrected chi connectivity index (χ1v) is 5.15. The van der Waals surface area contributed by atoms with Crippen LogP contribution >= 0.6 is 0 Å². The Morgan fingerprint density at radius 1 is 1.25 bits per heavy atom. The van der Waals surface area contributed by atoms with Gasteiger partial charge in [-0.1, -0.05) is 18.2 Å². The highest BCUT2D eigenvalue weighted by molar-refractivity contribution is 6.09. The molecule has 0 fully saturated rings. The van der Waals surface area contributed by atoms with Crippen molar-refractivity contribution >= 4 is 5.71 Å². The Labute approximate surface area is 95.1 Å². The number of nitrogens with one attached hydrogen (secondary N) is 1. The number of allylic oxidation sites excluding steroid dienone is 1. The highest BCUT2D eigenvalue weighted by atomic mass is 15.3. The van der Waals surface area contributed by atoms with Crippen LogP contribution in [0.15, 0.2) is 41.5 Å². The van der Waals surface area contributed by atoms with Crippen molar-refractivity contribution in [2.24, 2.45) is 5.10 Å². The molecule has 0 radical (unpaired) electrons. The highest BCUT2D eigenvalue weighted by Crippen LogP contribution is 2.13. The molecule has 1 aliphatic heterocycles. The zero-order chi connectivity index (χ0) is 11.6. The molecule has 16 heavy (non-hydrogen) atoms. The summed E-state index contributed by atoms with van der Waals surface area (Å²) in [5.74, 6) is 0. The lowest BCUT2D eigenvalue weighted by molar-refractivity contribution is 0.489. The molecule has 1 N–H and O–H groups in total. The van der Waals surface area contributed by atoms with E-state index in [0.29, 0.717) is 5.56 Å². The van der Waals surface area contributed by atoms with Crippen LogP contribution in [0.4, 0.5) is 0 Å².